The minimum Gasteiger partial charge on any atom is -0.328 e. The second-order valence-corrected chi connectivity index (χ2v) is 8.05. The molecule has 0 bridgehead atoms. The van der Waals surface area contributed by atoms with Crippen LogP contribution in [-0.2, 0) is 17.8 Å². The van der Waals surface area contributed by atoms with Gasteiger partial charge in [-0.15, -0.1) is 0 Å². The Bertz CT molecular complexity index is 791. The molecular formula is C21H28N4O. The number of rotatable bonds is 3. The van der Waals surface area contributed by atoms with Gasteiger partial charge in [0.25, 0.3) is 0 Å². The summed E-state index contributed by atoms with van der Waals surface area (Å²) in [6.45, 7) is 3.04. The summed E-state index contributed by atoms with van der Waals surface area (Å²) in [7, 11) is 0. The summed E-state index contributed by atoms with van der Waals surface area (Å²) in [5.74, 6) is 0.954. The maximum atomic E-state index is 12.7. The fraction of sp³-hybridized carbons (Fsp3) is 0.524. The van der Waals surface area contributed by atoms with Crippen LogP contribution in [0.2, 0.25) is 0 Å². The Morgan fingerprint density at radius 1 is 1.23 bits per heavy atom. The van der Waals surface area contributed by atoms with Gasteiger partial charge in [-0.3, -0.25) is 4.79 Å². The zero-order valence-corrected chi connectivity index (χ0v) is 15.5. The third-order valence-electron chi connectivity index (χ3n) is 5.98. The monoisotopic (exact) mass is 352 g/mol. The summed E-state index contributed by atoms with van der Waals surface area (Å²) in [5.41, 5.74) is 9.19. The molecular weight excluding hydrogens is 324 g/mol. The van der Waals surface area contributed by atoms with Crippen molar-refractivity contribution in [3.8, 4) is 11.4 Å². The topological polar surface area (TPSA) is 72.9 Å². The normalized spacial score (nSPS) is 25.5. The Hall–Kier alpha value is -2.14. The van der Waals surface area contributed by atoms with Gasteiger partial charge in [0.2, 0.25) is 5.91 Å². The predicted octanol–water partition coefficient (Wildman–Crippen LogP) is 3.73. The molecule has 1 fully saturated rings. The highest BCUT2D eigenvalue weighted by atomic mass is 16.1. The van der Waals surface area contributed by atoms with Gasteiger partial charge in [-0.2, -0.15) is 0 Å². The largest absolute Gasteiger partial charge is 0.328 e. The molecule has 1 aromatic heterocycles. The van der Waals surface area contributed by atoms with Crippen molar-refractivity contribution in [3.63, 3.8) is 0 Å². The molecule has 2 atom stereocenters. The van der Waals surface area contributed by atoms with Crippen molar-refractivity contribution in [2.75, 3.05) is 5.32 Å². The molecule has 26 heavy (non-hydrogen) atoms. The molecule has 2 aliphatic rings. The minimum absolute atomic E-state index is 0.0423. The van der Waals surface area contributed by atoms with Gasteiger partial charge in [0, 0.05) is 35.2 Å². The molecule has 2 unspecified atom stereocenters. The number of hydrogen-bond donors (Lipinski definition) is 2. The molecule has 138 valence electrons. The smallest absolute Gasteiger partial charge is 0.229 e. The number of aryl methyl sites for hydroxylation is 1. The van der Waals surface area contributed by atoms with E-state index in [1.54, 1.807) is 0 Å². The maximum Gasteiger partial charge on any atom is 0.229 e. The number of nitrogens with one attached hydrogen (secondary N) is 1. The van der Waals surface area contributed by atoms with Gasteiger partial charge >= 0.3 is 0 Å². The first-order chi connectivity index (χ1) is 12.5. The van der Waals surface area contributed by atoms with Gasteiger partial charge in [0.15, 0.2) is 0 Å². The van der Waals surface area contributed by atoms with Crippen LogP contribution in [0.15, 0.2) is 30.5 Å². The van der Waals surface area contributed by atoms with Crippen LogP contribution in [0, 0.1) is 5.92 Å². The van der Waals surface area contributed by atoms with Crippen molar-refractivity contribution < 1.29 is 4.79 Å². The molecule has 0 radical (unpaired) electrons. The van der Waals surface area contributed by atoms with Crippen LogP contribution >= 0.6 is 0 Å². The lowest BCUT2D eigenvalue weighted by atomic mass is 9.74. The van der Waals surface area contributed by atoms with Gasteiger partial charge in [0.05, 0.1) is 5.92 Å². The Balaban J connectivity index is 1.48. The Morgan fingerprint density at radius 3 is 2.81 bits per heavy atom. The van der Waals surface area contributed by atoms with Crippen LogP contribution in [0.5, 0.6) is 0 Å². The van der Waals surface area contributed by atoms with Gasteiger partial charge < -0.3 is 15.6 Å². The SMILES string of the molecule is CC1(N)CCCCC1C(=O)Nc1ccc(-c2ncc3n2CCCC3)cc1. The summed E-state index contributed by atoms with van der Waals surface area (Å²) in [4.78, 5) is 17.3. The average Bonchev–Trinajstić information content (AvgIpc) is 3.06. The van der Waals surface area contributed by atoms with Gasteiger partial charge in [0.1, 0.15) is 5.82 Å². The van der Waals surface area contributed by atoms with E-state index in [2.05, 4.69) is 14.9 Å². The lowest BCUT2D eigenvalue weighted by Crippen LogP contribution is -2.51. The summed E-state index contributed by atoms with van der Waals surface area (Å²) < 4.78 is 2.32. The highest BCUT2D eigenvalue weighted by molar-refractivity contribution is 5.93. The minimum atomic E-state index is -0.406. The quantitative estimate of drug-likeness (QED) is 0.884. The van der Waals surface area contributed by atoms with Crippen molar-refractivity contribution >= 4 is 11.6 Å². The molecule has 2 heterocycles. The van der Waals surface area contributed by atoms with Crippen molar-refractivity contribution in [1.82, 2.24) is 9.55 Å². The summed E-state index contributed by atoms with van der Waals surface area (Å²) in [6, 6.07) is 8.02. The van der Waals surface area contributed by atoms with Crippen molar-refractivity contribution in [2.45, 2.75) is 64.0 Å². The van der Waals surface area contributed by atoms with E-state index in [0.717, 1.165) is 55.7 Å². The first-order valence-corrected chi connectivity index (χ1v) is 9.79. The molecule has 1 aliphatic carbocycles. The van der Waals surface area contributed by atoms with Gasteiger partial charge in [-0.25, -0.2) is 4.98 Å². The molecule has 3 N–H and O–H groups in total. The van der Waals surface area contributed by atoms with E-state index in [4.69, 9.17) is 5.73 Å². The van der Waals surface area contributed by atoms with E-state index in [1.165, 1.54) is 18.5 Å². The maximum absolute atomic E-state index is 12.7. The van der Waals surface area contributed by atoms with Crippen LogP contribution < -0.4 is 11.1 Å². The zero-order chi connectivity index (χ0) is 18.1. The lowest BCUT2D eigenvalue weighted by molar-refractivity contribution is -0.122. The number of anilines is 1. The lowest BCUT2D eigenvalue weighted by Gasteiger charge is -2.37. The first kappa shape index (κ1) is 17.3. The molecule has 4 rings (SSSR count). The van der Waals surface area contributed by atoms with Crippen molar-refractivity contribution in [2.24, 2.45) is 11.7 Å². The average molecular weight is 352 g/mol. The Kier molecular flexibility index (Phi) is 4.57. The van der Waals surface area contributed by atoms with E-state index in [-0.39, 0.29) is 11.8 Å². The molecule has 1 aliphatic heterocycles. The standard InChI is InChI=1S/C21H28N4O/c1-21(22)12-4-2-7-18(21)20(26)24-16-10-8-15(9-11-16)19-23-14-17-6-3-5-13-25(17)19/h8-11,14,18H,2-7,12-13,22H2,1H3,(H,24,26). The van der Waals surface area contributed by atoms with Crippen molar-refractivity contribution in [1.29, 1.82) is 0 Å². The number of hydrogen-bond acceptors (Lipinski definition) is 3. The molecule has 5 heteroatoms. The van der Waals surface area contributed by atoms with Crippen LogP contribution in [0.25, 0.3) is 11.4 Å². The Labute approximate surface area is 155 Å². The van der Waals surface area contributed by atoms with Crippen LogP contribution in [0.4, 0.5) is 5.69 Å². The van der Waals surface area contributed by atoms with Crippen LogP contribution in [0.1, 0.15) is 51.1 Å². The number of aromatic nitrogens is 2. The molecule has 1 amide bonds. The van der Waals surface area contributed by atoms with Crippen molar-refractivity contribution in [3.05, 3.63) is 36.2 Å². The summed E-state index contributed by atoms with van der Waals surface area (Å²) in [5, 5.41) is 3.06. The van der Waals surface area contributed by atoms with E-state index >= 15 is 0 Å². The highest BCUT2D eigenvalue weighted by Crippen LogP contribution is 2.32. The molecule has 1 aromatic carbocycles. The zero-order valence-electron chi connectivity index (χ0n) is 15.5. The van der Waals surface area contributed by atoms with Gasteiger partial charge in [-0.1, -0.05) is 12.8 Å². The summed E-state index contributed by atoms with van der Waals surface area (Å²) >= 11 is 0. The molecule has 0 saturated heterocycles. The summed E-state index contributed by atoms with van der Waals surface area (Å²) in [6.07, 6.45) is 9.54. The first-order valence-electron chi connectivity index (χ1n) is 9.79. The second-order valence-electron chi connectivity index (χ2n) is 8.05. The number of amides is 1. The molecule has 5 nitrogen and oxygen atoms in total. The highest BCUT2D eigenvalue weighted by Gasteiger charge is 2.37. The van der Waals surface area contributed by atoms with Crippen LogP contribution in [0.3, 0.4) is 0 Å². The number of fused-ring (bicyclic) bond motifs is 1. The fourth-order valence-corrected chi connectivity index (χ4v) is 4.39. The number of benzene rings is 1. The number of carbonyl (C=O) groups is 1. The second kappa shape index (κ2) is 6.88. The number of carbonyl (C=O) groups excluding carboxylic acids is 1. The molecule has 0 spiro atoms. The Morgan fingerprint density at radius 2 is 2.04 bits per heavy atom. The number of nitrogens with two attached hydrogens (primary N) is 1. The van der Waals surface area contributed by atoms with Gasteiger partial charge in [-0.05, 0) is 63.3 Å². The van der Waals surface area contributed by atoms with E-state index in [1.807, 2.05) is 37.4 Å². The molecule has 1 saturated carbocycles. The van der Waals surface area contributed by atoms with E-state index in [0.29, 0.717) is 0 Å². The third kappa shape index (κ3) is 3.28. The van der Waals surface area contributed by atoms with Crippen LogP contribution in [-0.4, -0.2) is 21.0 Å². The fourth-order valence-electron chi connectivity index (χ4n) is 4.39. The predicted molar refractivity (Wildman–Crippen MR) is 104 cm³/mol. The number of imidazole rings is 1. The van der Waals surface area contributed by atoms with E-state index < -0.39 is 5.54 Å². The molecule has 2 aromatic rings. The van der Waals surface area contributed by atoms with E-state index in [9.17, 15) is 4.79 Å². The number of nitrogens with zero attached hydrogens (tertiary/aromatic N) is 2. The third-order valence-corrected chi connectivity index (χ3v) is 5.98.